The maximum atomic E-state index is 13.9. The number of amides is 1. The van der Waals surface area contributed by atoms with Crippen LogP contribution in [0.5, 0.6) is 11.5 Å². The van der Waals surface area contributed by atoms with E-state index < -0.39 is 23.5 Å². The molecule has 0 aliphatic rings. The number of rotatable bonds is 8. The van der Waals surface area contributed by atoms with Gasteiger partial charge in [-0.3, -0.25) is 4.79 Å². The van der Waals surface area contributed by atoms with Crippen molar-refractivity contribution in [2.75, 3.05) is 11.9 Å². The number of halogens is 4. The van der Waals surface area contributed by atoms with E-state index >= 15 is 0 Å². The Morgan fingerprint density at radius 2 is 1.80 bits per heavy atom. The number of hydrogen-bond donors (Lipinski definition) is 1. The molecule has 3 aromatic carbocycles. The molecule has 0 saturated heterocycles. The van der Waals surface area contributed by atoms with Crippen molar-refractivity contribution < 1.29 is 31.8 Å². The molecule has 1 N–H and O–H groups in total. The summed E-state index contributed by atoms with van der Waals surface area (Å²) in [5, 5.41) is 11.7. The first kappa shape index (κ1) is 25.3. The highest BCUT2D eigenvalue weighted by molar-refractivity contribution is 6.09. The number of alkyl halides is 3. The van der Waals surface area contributed by atoms with E-state index in [1.165, 1.54) is 24.3 Å². The first-order valence-corrected chi connectivity index (χ1v) is 10.4. The SMILES string of the molecule is CCOc1cc(/C=C(\C#N)C(=O)Nc2cccc(C(F)(F)F)c2)ccc1OCc1ccccc1F. The lowest BCUT2D eigenvalue weighted by Crippen LogP contribution is -2.14. The predicted molar refractivity (Wildman–Crippen MR) is 122 cm³/mol. The molecule has 3 rings (SSSR count). The van der Waals surface area contributed by atoms with Crippen molar-refractivity contribution in [1.82, 2.24) is 0 Å². The molecule has 180 valence electrons. The van der Waals surface area contributed by atoms with Crippen LogP contribution in [0.25, 0.3) is 6.08 Å². The van der Waals surface area contributed by atoms with Crippen LogP contribution in [0.3, 0.4) is 0 Å². The Kier molecular flexibility index (Phi) is 8.10. The fraction of sp³-hybridized carbons (Fsp3) is 0.154. The van der Waals surface area contributed by atoms with Gasteiger partial charge in [-0.25, -0.2) is 4.39 Å². The fourth-order valence-electron chi connectivity index (χ4n) is 3.06. The summed E-state index contributed by atoms with van der Waals surface area (Å²) in [7, 11) is 0. The van der Waals surface area contributed by atoms with Gasteiger partial charge >= 0.3 is 6.18 Å². The third-order valence-corrected chi connectivity index (χ3v) is 4.73. The van der Waals surface area contributed by atoms with Gasteiger partial charge in [-0.05, 0) is 55.0 Å². The van der Waals surface area contributed by atoms with Gasteiger partial charge in [-0.2, -0.15) is 18.4 Å². The summed E-state index contributed by atoms with van der Waals surface area (Å²) >= 11 is 0. The highest BCUT2D eigenvalue weighted by Gasteiger charge is 2.30. The standard InChI is InChI=1S/C26H20F4N2O3/c1-2-34-24-13-17(10-11-23(24)35-16-18-6-3-4-9-22(18)27)12-19(15-31)25(33)32-21-8-5-7-20(14-21)26(28,29)30/h3-14H,2,16H2,1H3,(H,32,33)/b19-12+. The number of carbonyl (C=O) groups is 1. The molecule has 35 heavy (non-hydrogen) atoms. The molecule has 9 heteroatoms. The Morgan fingerprint density at radius 3 is 2.49 bits per heavy atom. The van der Waals surface area contributed by atoms with Crippen LogP contribution < -0.4 is 14.8 Å². The van der Waals surface area contributed by atoms with Gasteiger partial charge in [0.15, 0.2) is 11.5 Å². The van der Waals surface area contributed by atoms with Crippen LogP contribution in [-0.4, -0.2) is 12.5 Å². The van der Waals surface area contributed by atoms with Gasteiger partial charge in [0.1, 0.15) is 24.1 Å². The summed E-state index contributed by atoms with van der Waals surface area (Å²) in [5.74, 6) is -0.632. The normalized spacial score (nSPS) is 11.5. The van der Waals surface area contributed by atoms with Crippen molar-refractivity contribution >= 4 is 17.7 Å². The minimum absolute atomic E-state index is 0.0369. The van der Waals surface area contributed by atoms with E-state index in [4.69, 9.17) is 9.47 Å². The topological polar surface area (TPSA) is 71.3 Å². The third-order valence-electron chi connectivity index (χ3n) is 4.73. The van der Waals surface area contributed by atoms with Gasteiger partial charge in [0, 0.05) is 11.3 Å². The lowest BCUT2D eigenvalue weighted by molar-refractivity contribution is -0.137. The summed E-state index contributed by atoms with van der Waals surface area (Å²) in [6.07, 6.45) is -3.30. The summed E-state index contributed by atoms with van der Waals surface area (Å²) in [6, 6.07) is 16.7. The highest BCUT2D eigenvalue weighted by Crippen LogP contribution is 2.32. The molecule has 0 heterocycles. The van der Waals surface area contributed by atoms with Gasteiger partial charge in [0.05, 0.1) is 12.2 Å². The number of nitrogens with zero attached hydrogens (tertiary/aromatic N) is 1. The number of nitriles is 1. The van der Waals surface area contributed by atoms with Crippen LogP contribution in [0, 0.1) is 17.1 Å². The molecule has 0 fully saturated rings. The lowest BCUT2D eigenvalue weighted by Gasteiger charge is -2.13. The molecule has 0 aliphatic carbocycles. The van der Waals surface area contributed by atoms with Gasteiger partial charge in [-0.1, -0.05) is 30.3 Å². The van der Waals surface area contributed by atoms with Crippen LogP contribution in [-0.2, 0) is 17.6 Å². The molecule has 0 unspecified atom stereocenters. The van der Waals surface area contributed by atoms with Crippen LogP contribution in [0.15, 0.2) is 72.3 Å². The summed E-state index contributed by atoms with van der Waals surface area (Å²) in [6.45, 7) is 2.02. The predicted octanol–water partition coefficient (Wildman–Crippen LogP) is 6.37. The number of anilines is 1. The van der Waals surface area contributed by atoms with E-state index in [2.05, 4.69) is 5.32 Å². The van der Waals surface area contributed by atoms with Gasteiger partial charge in [0.25, 0.3) is 5.91 Å². The van der Waals surface area contributed by atoms with E-state index in [1.54, 1.807) is 43.3 Å². The van der Waals surface area contributed by atoms with Crippen LogP contribution in [0.4, 0.5) is 23.2 Å². The van der Waals surface area contributed by atoms with E-state index in [1.807, 2.05) is 0 Å². The Balaban J connectivity index is 1.79. The molecular formula is C26H20F4N2O3. The second-order valence-electron chi connectivity index (χ2n) is 7.22. The molecule has 1 amide bonds. The number of benzene rings is 3. The molecule has 0 radical (unpaired) electrons. The summed E-state index contributed by atoms with van der Waals surface area (Å²) in [5.41, 5.74) is -0.577. The fourth-order valence-corrected chi connectivity index (χ4v) is 3.06. The van der Waals surface area contributed by atoms with Crippen molar-refractivity contribution in [3.05, 3.63) is 94.8 Å². The molecule has 0 saturated carbocycles. The maximum Gasteiger partial charge on any atom is 0.416 e. The molecule has 0 aliphatic heterocycles. The summed E-state index contributed by atoms with van der Waals surface area (Å²) < 4.78 is 63.8. The Labute approximate surface area is 199 Å². The van der Waals surface area contributed by atoms with Crippen LogP contribution in [0.1, 0.15) is 23.6 Å². The zero-order valence-corrected chi connectivity index (χ0v) is 18.5. The average molecular weight is 484 g/mol. The van der Waals surface area contributed by atoms with E-state index in [9.17, 15) is 27.6 Å². The smallest absolute Gasteiger partial charge is 0.416 e. The second-order valence-corrected chi connectivity index (χ2v) is 7.22. The van der Waals surface area contributed by atoms with Crippen molar-refractivity contribution in [3.8, 4) is 17.6 Å². The van der Waals surface area contributed by atoms with Crippen LogP contribution >= 0.6 is 0 Å². The maximum absolute atomic E-state index is 13.9. The molecule has 3 aromatic rings. The first-order chi connectivity index (χ1) is 16.7. The Morgan fingerprint density at radius 1 is 1.03 bits per heavy atom. The summed E-state index contributed by atoms with van der Waals surface area (Å²) in [4.78, 5) is 12.5. The van der Waals surface area contributed by atoms with Crippen LogP contribution in [0.2, 0.25) is 0 Å². The largest absolute Gasteiger partial charge is 0.490 e. The van der Waals surface area contributed by atoms with E-state index in [0.717, 1.165) is 18.2 Å². The average Bonchev–Trinajstić information content (AvgIpc) is 2.82. The first-order valence-electron chi connectivity index (χ1n) is 10.4. The molecule has 0 bridgehead atoms. The number of nitrogens with one attached hydrogen (secondary N) is 1. The zero-order valence-electron chi connectivity index (χ0n) is 18.5. The van der Waals surface area contributed by atoms with Gasteiger partial charge in [-0.15, -0.1) is 0 Å². The highest BCUT2D eigenvalue weighted by atomic mass is 19.4. The van der Waals surface area contributed by atoms with Crippen molar-refractivity contribution in [2.24, 2.45) is 0 Å². The molecular weight excluding hydrogens is 464 g/mol. The molecule has 0 aromatic heterocycles. The number of hydrogen-bond acceptors (Lipinski definition) is 4. The van der Waals surface area contributed by atoms with Gasteiger partial charge in [0.2, 0.25) is 0 Å². The van der Waals surface area contributed by atoms with Crippen molar-refractivity contribution in [1.29, 1.82) is 5.26 Å². The molecule has 0 atom stereocenters. The van der Waals surface area contributed by atoms with Crippen molar-refractivity contribution in [3.63, 3.8) is 0 Å². The second kappa shape index (κ2) is 11.2. The third kappa shape index (κ3) is 6.84. The van der Waals surface area contributed by atoms with E-state index in [0.29, 0.717) is 29.2 Å². The quantitative estimate of drug-likeness (QED) is 0.229. The van der Waals surface area contributed by atoms with Gasteiger partial charge < -0.3 is 14.8 Å². The molecule has 0 spiro atoms. The van der Waals surface area contributed by atoms with Crippen molar-refractivity contribution in [2.45, 2.75) is 19.7 Å². The lowest BCUT2D eigenvalue weighted by atomic mass is 10.1. The Hall–Kier alpha value is -4.32. The molecule has 5 nitrogen and oxygen atoms in total. The van der Waals surface area contributed by atoms with E-state index in [-0.39, 0.29) is 17.9 Å². The monoisotopic (exact) mass is 484 g/mol. The zero-order chi connectivity index (χ0) is 25.4. The number of ether oxygens (including phenoxy) is 2. The minimum Gasteiger partial charge on any atom is -0.490 e. The minimum atomic E-state index is -4.57. The number of carbonyl (C=O) groups excluding carboxylic acids is 1. The Bertz CT molecular complexity index is 1280.